The number of thioether (sulfide) groups is 1. The summed E-state index contributed by atoms with van der Waals surface area (Å²) in [6.07, 6.45) is 0. The lowest BCUT2D eigenvalue weighted by molar-refractivity contribution is -0.122. The van der Waals surface area contributed by atoms with Crippen molar-refractivity contribution in [1.82, 2.24) is 4.98 Å². The molecule has 0 unspecified atom stereocenters. The molecule has 190 valence electrons. The summed E-state index contributed by atoms with van der Waals surface area (Å²) >= 11 is 2.33. The van der Waals surface area contributed by atoms with Gasteiger partial charge in [-0.3, -0.25) is 14.4 Å². The van der Waals surface area contributed by atoms with E-state index in [2.05, 4.69) is 4.98 Å². The highest BCUT2D eigenvalue weighted by Gasteiger charge is 2.56. The van der Waals surface area contributed by atoms with Gasteiger partial charge in [0, 0.05) is 10.8 Å². The number of nitrogens with zero attached hydrogens (tertiary/aromatic N) is 1. The van der Waals surface area contributed by atoms with Crippen LogP contribution in [0.1, 0.15) is 33.6 Å². The van der Waals surface area contributed by atoms with Gasteiger partial charge in [-0.1, -0.05) is 77.7 Å². The lowest BCUT2D eigenvalue weighted by Gasteiger charge is -2.29. The van der Waals surface area contributed by atoms with E-state index >= 15 is 0 Å². The molecule has 9 heteroatoms. The van der Waals surface area contributed by atoms with E-state index in [1.165, 1.54) is 16.7 Å². The van der Waals surface area contributed by atoms with Gasteiger partial charge in [0.2, 0.25) is 11.8 Å². The maximum atomic E-state index is 13.9. The van der Waals surface area contributed by atoms with Crippen molar-refractivity contribution in [2.45, 2.75) is 23.1 Å². The molecule has 38 heavy (non-hydrogen) atoms. The Morgan fingerprint density at radius 2 is 1.58 bits per heavy atom. The van der Waals surface area contributed by atoms with E-state index < -0.39 is 23.1 Å². The van der Waals surface area contributed by atoms with Gasteiger partial charge in [0.1, 0.15) is 5.25 Å². The molecule has 1 fully saturated rings. The molecule has 0 radical (unpaired) electrons. The standard InChI is InChI=1S/C29H22N2O5S2/c1-2-36-28(34)19-12-14-20(15-13-19)31-26(32)22-21(23-25(30-29(35)38-23)37-24(22)27(31)33)18-10-8-17(9-11-18)16-6-4-3-5-7-16/h3-15,21-22,24H,2H2,1H3,(H,30,35)/t21-,22-,24+/m0/s1. The summed E-state index contributed by atoms with van der Waals surface area (Å²) in [5, 5.41) is -0.0390. The number of aromatic nitrogens is 1. The summed E-state index contributed by atoms with van der Waals surface area (Å²) in [5.74, 6) is -2.23. The minimum Gasteiger partial charge on any atom is -0.462 e. The number of amides is 2. The third kappa shape index (κ3) is 4.08. The molecule has 3 aromatic carbocycles. The third-order valence-corrected chi connectivity index (χ3v) is 9.24. The number of carbonyl (C=O) groups excluding carboxylic acids is 3. The minimum absolute atomic E-state index is 0.209. The monoisotopic (exact) mass is 542 g/mol. The predicted molar refractivity (Wildman–Crippen MR) is 147 cm³/mol. The van der Waals surface area contributed by atoms with E-state index in [1.54, 1.807) is 31.2 Å². The molecule has 0 spiro atoms. The summed E-state index contributed by atoms with van der Waals surface area (Å²) in [6.45, 7) is 1.98. The van der Waals surface area contributed by atoms with Crippen molar-refractivity contribution < 1.29 is 19.1 Å². The normalized spacial score (nSPS) is 20.2. The molecule has 3 atom stereocenters. The van der Waals surface area contributed by atoms with Gasteiger partial charge >= 0.3 is 10.8 Å². The number of H-pyrrole nitrogens is 1. The zero-order valence-corrected chi connectivity index (χ0v) is 21.9. The molecular weight excluding hydrogens is 520 g/mol. The van der Waals surface area contributed by atoms with Crippen LogP contribution in [0, 0.1) is 5.92 Å². The van der Waals surface area contributed by atoms with Gasteiger partial charge < -0.3 is 9.72 Å². The van der Waals surface area contributed by atoms with Crippen molar-refractivity contribution in [2.75, 3.05) is 11.5 Å². The fraction of sp³-hybridized carbons (Fsp3) is 0.172. The van der Waals surface area contributed by atoms with Crippen LogP contribution in [0.3, 0.4) is 0 Å². The van der Waals surface area contributed by atoms with Crippen molar-refractivity contribution in [3.05, 3.63) is 105 Å². The van der Waals surface area contributed by atoms with Crippen molar-refractivity contribution in [3.63, 3.8) is 0 Å². The van der Waals surface area contributed by atoms with Crippen LogP contribution in [-0.2, 0) is 14.3 Å². The number of thiazole rings is 1. The molecule has 2 aliphatic heterocycles. The third-order valence-electron chi connectivity index (χ3n) is 6.84. The summed E-state index contributed by atoms with van der Waals surface area (Å²) < 4.78 is 5.03. The first-order valence-corrected chi connectivity index (χ1v) is 13.9. The van der Waals surface area contributed by atoms with Gasteiger partial charge in [0.15, 0.2) is 0 Å². The highest BCUT2D eigenvalue weighted by Crippen LogP contribution is 2.53. The van der Waals surface area contributed by atoms with E-state index in [4.69, 9.17) is 4.74 Å². The quantitative estimate of drug-likeness (QED) is 0.279. The van der Waals surface area contributed by atoms with E-state index in [-0.39, 0.29) is 23.3 Å². The van der Waals surface area contributed by atoms with Gasteiger partial charge in [0.25, 0.3) is 0 Å². The predicted octanol–water partition coefficient (Wildman–Crippen LogP) is 5.08. The smallest absolute Gasteiger partial charge is 0.338 e. The molecule has 1 N–H and O–H groups in total. The van der Waals surface area contributed by atoms with Crippen molar-refractivity contribution in [1.29, 1.82) is 0 Å². The zero-order chi connectivity index (χ0) is 26.4. The van der Waals surface area contributed by atoms with Gasteiger partial charge in [-0.25, -0.2) is 9.69 Å². The number of imide groups is 1. The van der Waals surface area contributed by atoms with Gasteiger partial charge in [-0.05, 0) is 47.9 Å². The van der Waals surface area contributed by atoms with Gasteiger partial charge in [0.05, 0.1) is 28.8 Å². The summed E-state index contributed by atoms with van der Waals surface area (Å²) in [6, 6.07) is 24.2. The zero-order valence-electron chi connectivity index (χ0n) is 20.2. The van der Waals surface area contributed by atoms with Crippen LogP contribution in [0.2, 0.25) is 0 Å². The van der Waals surface area contributed by atoms with E-state index in [1.807, 2.05) is 54.6 Å². The van der Waals surface area contributed by atoms with Crippen LogP contribution in [0.5, 0.6) is 0 Å². The second-order valence-electron chi connectivity index (χ2n) is 9.02. The van der Waals surface area contributed by atoms with Crippen LogP contribution in [0.4, 0.5) is 5.69 Å². The van der Waals surface area contributed by atoms with Crippen LogP contribution in [0.25, 0.3) is 11.1 Å². The number of aromatic amines is 1. The molecule has 1 saturated heterocycles. The Morgan fingerprint density at radius 3 is 2.26 bits per heavy atom. The molecule has 1 aromatic heterocycles. The van der Waals surface area contributed by atoms with Crippen LogP contribution in [-0.4, -0.2) is 34.6 Å². The summed E-state index contributed by atoms with van der Waals surface area (Å²) in [5.41, 5.74) is 3.73. The van der Waals surface area contributed by atoms with E-state index in [9.17, 15) is 19.2 Å². The molecule has 7 nitrogen and oxygen atoms in total. The van der Waals surface area contributed by atoms with Crippen LogP contribution in [0.15, 0.2) is 88.7 Å². The lowest BCUT2D eigenvalue weighted by atomic mass is 9.82. The fourth-order valence-corrected chi connectivity index (χ4v) is 7.62. The average molecular weight is 543 g/mol. The molecule has 0 saturated carbocycles. The number of esters is 1. The minimum atomic E-state index is -0.677. The molecule has 4 aromatic rings. The van der Waals surface area contributed by atoms with Crippen molar-refractivity contribution in [3.8, 4) is 11.1 Å². The SMILES string of the molecule is CCOC(=O)c1ccc(N2C(=O)[C@H]3[C@H](c4ccc(-c5ccccc5)cc4)c4sc(=O)[nH]c4S[C@H]3C2=O)cc1. The number of carbonyl (C=O) groups is 3. The number of rotatable bonds is 5. The first kappa shape index (κ1) is 24.4. The lowest BCUT2D eigenvalue weighted by Crippen LogP contribution is -2.32. The van der Waals surface area contributed by atoms with E-state index in [0.29, 0.717) is 16.3 Å². The van der Waals surface area contributed by atoms with E-state index in [0.717, 1.165) is 32.9 Å². The van der Waals surface area contributed by atoms with Gasteiger partial charge in [-0.15, -0.1) is 0 Å². The Bertz CT molecular complexity index is 1590. The Labute approximate surface area is 226 Å². The molecule has 0 bridgehead atoms. The fourth-order valence-electron chi connectivity index (χ4n) is 5.11. The first-order chi connectivity index (χ1) is 18.5. The second kappa shape index (κ2) is 9.74. The maximum Gasteiger partial charge on any atom is 0.338 e. The topological polar surface area (TPSA) is 96.5 Å². The molecule has 0 aliphatic carbocycles. The van der Waals surface area contributed by atoms with Crippen molar-refractivity contribution >= 4 is 46.6 Å². The van der Waals surface area contributed by atoms with Crippen molar-refractivity contribution in [2.24, 2.45) is 5.92 Å². The number of fused-ring (bicyclic) bond motifs is 2. The van der Waals surface area contributed by atoms with Crippen LogP contribution < -0.4 is 9.77 Å². The number of hydrogen-bond donors (Lipinski definition) is 1. The second-order valence-corrected chi connectivity index (χ2v) is 11.2. The average Bonchev–Trinajstić information content (AvgIpc) is 3.43. The Morgan fingerprint density at radius 1 is 0.895 bits per heavy atom. The number of nitrogens with one attached hydrogen (secondary N) is 1. The molecular formula is C29H22N2O5S2. The Kier molecular flexibility index (Phi) is 6.25. The highest BCUT2D eigenvalue weighted by molar-refractivity contribution is 8.00. The number of benzene rings is 3. The molecule has 2 aliphatic rings. The number of hydrogen-bond acceptors (Lipinski definition) is 7. The summed E-state index contributed by atoms with van der Waals surface area (Å²) in [4.78, 5) is 56.5. The Hall–Kier alpha value is -3.95. The number of ether oxygens (including phenoxy) is 1. The molecule has 6 rings (SSSR count). The first-order valence-electron chi connectivity index (χ1n) is 12.2. The highest BCUT2D eigenvalue weighted by atomic mass is 32.2. The van der Waals surface area contributed by atoms with Crippen LogP contribution >= 0.6 is 23.1 Å². The summed E-state index contributed by atoms with van der Waals surface area (Å²) in [7, 11) is 0. The molecule has 3 heterocycles. The molecule has 2 amide bonds. The maximum absolute atomic E-state index is 13.9. The Balaban J connectivity index is 1.37. The largest absolute Gasteiger partial charge is 0.462 e. The number of anilines is 1. The van der Waals surface area contributed by atoms with Gasteiger partial charge in [-0.2, -0.15) is 0 Å².